The second kappa shape index (κ2) is 10.5. The summed E-state index contributed by atoms with van der Waals surface area (Å²) in [5, 5.41) is 3.49. The number of ether oxygens (including phenoxy) is 2. The van der Waals surface area contributed by atoms with E-state index >= 15 is 0 Å². The monoisotopic (exact) mass is 470 g/mol. The van der Waals surface area contributed by atoms with Crippen LogP contribution in [0.3, 0.4) is 0 Å². The van der Waals surface area contributed by atoms with E-state index < -0.39 is 10.0 Å². The van der Waals surface area contributed by atoms with Gasteiger partial charge in [-0.05, 0) is 42.5 Å². The number of halogens is 1. The van der Waals surface area contributed by atoms with Crippen molar-refractivity contribution in [2.45, 2.75) is 9.79 Å². The molecule has 0 bridgehead atoms. The first-order valence-electron chi connectivity index (χ1n) is 9.34. The standard InChI is InChI=1S/C20H23ClN2O5S2/c1-27-19-7-6-17(30(25,26)23-9-11-28-12-10-23)14-18(19)20(24)22-8-13-29-16-4-2-15(21)3-5-16/h2-7,14H,8-13H2,1H3,(H,22,24). The van der Waals surface area contributed by atoms with E-state index in [0.717, 1.165) is 4.90 Å². The molecule has 1 fully saturated rings. The third-order valence-electron chi connectivity index (χ3n) is 4.49. The van der Waals surface area contributed by atoms with Crippen LogP contribution in [0.5, 0.6) is 5.75 Å². The fraction of sp³-hybridized carbons (Fsp3) is 0.350. The summed E-state index contributed by atoms with van der Waals surface area (Å²) >= 11 is 7.46. The molecule has 0 radical (unpaired) electrons. The highest BCUT2D eigenvalue weighted by atomic mass is 35.5. The molecule has 0 aliphatic carbocycles. The Morgan fingerprint density at radius 3 is 2.57 bits per heavy atom. The Labute approximate surface area is 185 Å². The van der Waals surface area contributed by atoms with Crippen molar-refractivity contribution in [2.24, 2.45) is 0 Å². The number of carbonyl (C=O) groups excluding carboxylic acids is 1. The Balaban J connectivity index is 1.66. The number of hydrogen-bond donors (Lipinski definition) is 1. The van der Waals surface area contributed by atoms with Crippen LogP contribution in [0.4, 0.5) is 0 Å². The van der Waals surface area contributed by atoms with Crippen molar-refractivity contribution in [3.05, 3.63) is 53.1 Å². The smallest absolute Gasteiger partial charge is 0.255 e. The lowest BCUT2D eigenvalue weighted by atomic mass is 10.2. The van der Waals surface area contributed by atoms with Crippen LogP contribution in [0.1, 0.15) is 10.4 Å². The maximum atomic E-state index is 12.9. The van der Waals surface area contributed by atoms with E-state index in [1.54, 1.807) is 11.8 Å². The Kier molecular flexibility index (Phi) is 8.01. The lowest BCUT2D eigenvalue weighted by Crippen LogP contribution is -2.40. The summed E-state index contributed by atoms with van der Waals surface area (Å²) in [5.74, 6) is 0.586. The summed E-state index contributed by atoms with van der Waals surface area (Å²) in [7, 11) is -2.26. The van der Waals surface area contributed by atoms with Crippen molar-refractivity contribution in [3.8, 4) is 5.75 Å². The number of amides is 1. The van der Waals surface area contributed by atoms with E-state index in [9.17, 15) is 13.2 Å². The molecular weight excluding hydrogens is 448 g/mol. The van der Waals surface area contributed by atoms with Crippen LogP contribution >= 0.6 is 23.4 Å². The molecule has 0 aromatic heterocycles. The Hall–Kier alpha value is -1.78. The van der Waals surface area contributed by atoms with Gasteiger partial charge in [-0.25, -0.2) is 8.42 Å². The number of nitrogens with one attached hydrogen (secondary N) is 1. The van der Waals surface area contributed by atoms with E-state index in [4.69, 9.17) is 21.1 Å². The zero-order chi connectivity index (χ0) is 21.6. The van der Waals surface area contributed by atoms with Crippen molar-refractivity contribution in [1.29, 1.82) is 0 Å². The van der Waals surface area contributed by atoms with Crippen LogP contribution in [0.15, 0.2) is 52.3 Å². The minimum absolute atomic E-state index is 0.0610. The van der Waals surface area contributed by atoms with Gasteiger partial charge in [0.1, 0.15) is 5.75 Å². The largest absolute Gasteiger partial charge is 0.496 e. The molecule has 2 aromatic rings. The van der Waals surface area contributed by atoms with E-state index in [2.05, 4.69) is 5.32 Å². The number of sulfonamides is 1. The maximum Gasteiger partial charge on any atom is 0.255 e. The Morgan fingerprint density at radius 2 is 1.90 bits per heavy atom. The fourth-order valence-electron chi connectivity index (χ4n) is 2.92. The summed E-state index contributed by atoms with van der Waals surface area (Å²) in [6.45, 7) is 1.70. The van der Waals surface area contributed by atoms with Gasteiger partial charge in [-0.3, -0.25) is 4.79 Å². The van der Waals surface area contributed by atoms with Crippen LogP contribution < -0.4 is 10.1 Å². The van der Waals surface area contributed by atoms with Gasteiger partial charge in [0.15, 0.2) is 0 Å². The maximum absolute atomic E-state index is 12.9. The van der Waals surface area contributed by atoms with Crippen LogP contribution in [0, 0.1) is 0 Å². The fourth-order valence-corrected chi connectivity index (χ4v) is 5.25. The van der Waals surface area contributed by atoms with Crippen molar-refractivity contribution in [3.63, 3.8) is 0 Å². The normalized spacial score (nSPS) is 15.0. The molecule has 7 nitrogen and oxygen atoms in total. The molecule has 1 aliphatic rings. The molecule has 2 aromatic carbocycles. The minimum atomic E-state index is -3.70. The Bertz CT molecular complexity index is 977. The van der Waals surface area contributed by atoms with E-state index in [0.29, 0.717) is 36.3 Å². The molecule has 1 heterocycles. The van der Waals surface area contributed by atoms with Gasteiger partial charge >= 0.3 is 0 Å². The number of hydrogen-bond acceptors (Lipinski definition) is 6. The van der Waals surface area contributed by atoms with Gasteiger partial charge in [0, 0.05) is 35.3 Å². The van der Waals surface area contributed by atoms with Gasteiger partial charge in [-0.2, -0.15) is 4.31 Å². The zero-order valence-electron chi connectivity index (χ0n) is 16.5. The SMILES string of the molecule is COc1ccc(S(=O)(=O)N2CCOCC2)cc1C(=O)NCCSc1ccc(Cl)cc1. The lowest BCUT2D eigenvalue weighted by molar-refractivity contribution is 0.0730. The number of thioether (sulfide) groups is 1. The molecular formula is C20H23ClN2O5S2. The third-order valence-corrected chi connectivity index (χ3v) is 7.65. The van der Waals surface area contributed by atoms with Gasteiger partial charge in [0.25, 0.3) is 5.91 Å². The highest BCUT2D eigenvalue weighted by molar-refractivity contribution is 7.99. The molecule has 1 aliphatic heterocycles. The molecule has 3 rings (SSSR count). The molecule has 162 valence electrons. The number of nitrogens with zero attached hydrogens (tertiary/aromatic N) is 1. The predicted molar refractivity (Wildman–Crippen MR) is 117 cm³/mol. The quantitative estimate of drug-likeness (QED) is 0.471. The minimum Gasteiger partial charge on any atom is -0.496 e. The van der Waals surface area contributed by atoms with E-state index in [-0.39, 0.29) is 29.5 Å². The van der Waals surface area contributed by atoms with Gasteiger partial charge in [-0.1, -0.05) is 11.6 Å². The number of rotatable bonds is 8. The number of benzene rings is 2. The number of morpholine rings is 1. The molecule has 10 heteroatoms. The second-order valence-corrected chi connectivity index (χ2v) is 9.98. The van der Waals surface area contributed by atoms with E-state index in [1.807, 2.05) is 24.3 Å². The van der Waals surface area contributed by atoms with Crippen molar-refractivity contribution < 1.29 is 22.7 Å². The van der Waals surface area contributed by atoms with Gasteiger partial charge in [0.2, 0.25) is 10.0 Å². The first-order chi connectivity index (χ1) is 14.4. The molecule has 0 atom stereocenters. The summed E-state index contributed by atoms with van der Waals surface area (Å²) in [5.41, 5.74) is 0.184. The molecule has 30 heavy (non-hydrogen) atoms. The summed E-state index contributed by atoms with van der Waals surface area (Å²) < 4.78 is 37.6. The highest BCUT2D eigenvalue weighted by Gasteiger charge is 2.28. The van der Waals surface area contributed by atoms with Gasteiger partial charge in [-0.15, -0.1) is 11.8 Å². The lowest BCUT2D eigenvalue weighted by Gasteiger charge is -2.26. The van der Waals surface area contributed by atoms with Gasteiger partial charge in [0.05, 0.1) is 30.8 Å². The number of carbonyl (C=O) groups is 1. The summed E-state index contributed by atoms with van der Waals surface area (Å²) in [6, 6.07) is 11.8. The Morgan fingerprint density at radius 1 is 1.20 bits per heavy atom. The summed E-state index contributed by atoms with van der Waals surface area (Å²) in [4.78, 5) is 13.8. The van der Waals surface area contributed by atoms with Crippen molar-refractivity contribution >= 4 is 39.3 Å². The average Bonchev–Trinajstić information content (AvgIpc) is 2.78. The van der Waals surface area contributed by atoms with Crippen molar-refractivity contribution in [1.82, 2.24) is 9.62 Å². The molecule has 0 spiro atoms. The van der Waals surface area contributed by atoms with Gasteiger partial charge < -0.3 is 14.8 Å². The van der Waals surface area contributed by atoms with Crippen LogP contribution in [-0.2, 0) is 14.8 Å². The molecule has 0 unspecified atom stereocenters. The molecule has 1 saturated heterocycles. The molecule has 0 saturated carbocycles. The zero-order valence-corrected chi connectivity index (χ0v) is 18.9. The average molecular weight is 471 g/mol. The highest BCUT2D eigenvalue weighted by Crippen LogP contribution is 2.25. The van der Waals surface area contributed by atoms with Crippen molar-refractivity contribution in [2.75, 3.05) is 45.7 Å². The summed E-state index contributed by atoms with van der Waals surface area (Å²) in [6.07, 6.45) is 0. The van der Waals surface area contributed by atoms with E-state index in [1.165, 1.54) is 29.6 Å². The molecule has 1 amide bonds. The third kappa shape index (κ3) is 5.67. The first kappa shape index (κ1) is 22.9. The predicted octanol–water partition coefficient (Wildman–Crippen LogP) is 2.89. The number of methoxy groups -OCH3 is 1. The first-order valence-corrected chi connectivity index (χ1v) is 12.1. The molecule has 1 N–H and O–H groups in total. The second-order valence-electron chi connectivity index (χ2n) is 6.44. The van der Waals surface area contributed by atoms with Crippen LogP contribution in [-0.4, -0.2) is 64.3 Å². The topological polar surface area (TPSA) is 84.9 Å². The van der Waals surface area contributed by atoms with Crippen LogP contribution in [0.2, 0.25) is 5.02 Å². The van der Waals surface area contributed by atoms with Crippen LogP contribution in [0.25, 0.3) is 0 Å².